The number of aromatic amines is 1. The van der Waals surface area contributed by atoms with E-state index >= 15 is 0 Å². The second-order valence-corrected chi connectivity index (χ2v) is 4.90. The zero-order chi connectivity index (χ0) is 14.4. The van der Waals surface area contributed by atoms with Crippen LogP contribution in [0, 0.1) is 5.92 Å². The summed E-state index contributed by atoms with van der Waals surface area (Å²) in [5.74, 6) is 0.946. The number of aromatic nitrogens is 2. The average molecular weight is 273 g/mol. The van der Waals surface area contributed by atoms with Crippen LogP contribution in [0.25, 0.3) is 0 Å². The van der Waals surface area contributed by atoms with Crippen LogP contribution in [0.2, 0.25) is 0 Å². The Hall–Kier alpha value is -2.30. The molecule has 0 aliphatic carbocycles. The zero-order valence-electron chi connectivity index (χ0n) is 11.7. The second kappa shape index (κ2) is 6.75. The number of nitrogens with one attached hydrogen (secondary N) is 2. The van der Waals surface area contributed by atoms with Crippen LogP contribution in [-0.2, 0) is 11.3 Å². The number of amides is 1. The zero-order valence-corrected chi connectivity index (χ0v) is 11.7. The molecular formula is C15H19N3O2. The number of carbonyl (C=O) groups is 1. The summed E-state index contributed by atoms with van der Waals surface area (Å²) in [6.45, 7) is 4.30. The monoisotopic (exact) mass is 273 g/mol. The van der Waals surface area contributed by atoms with E-state index in [1.807, 2.05) is 44.2 Å². The van der Waals surface area contributed by atoms with Crippen molar-refractivity contribution in [3.8, 4) is 0 Å². The molecule has 1 atom stereocenters. The minimum Gasteiger partial charge on any atom is -0.445 e. The maximum Gasteiger partial charge on any atom is 0.408 e. The smallest absolute Gasteiger partial charge is 0.408 e. The van der Waals surface area contributed by atoms with E-state index in [9.17, 15) is 4.79 Å². The van der Waals surface area contributed by atoms with Crippen molar-refractivity contribution in [3.05, 3.63) is 54.1 Å². The highest BCUT2D eigenvalue weighted by molar-refractivity contribution is 5.67. The van der Waals surface area contributed by atoms with Crippen molar-refractivity contribution >= 4 is 6.09 Å². The highest BCUT2D eigenvalue weighted by Crippen LogP contribution is 2.18. The molecule has 1 aromatic heterocycles. The quantitative estimate of drug-likeness (QED) is 0.880. The average Bonchev–Trinajstić information content (AvgIpc) is 2.97. The first-order chi connectivity index (χ1) is 9.66. The predicted molar refractivity (Wildman–Crippen MR) is 75.9 cm³/mol. The molecule has 5 nitrogen and oxygen atoms in total. The van der Waals surface area contributed by atoms with E-state index < -0.39 is 6.09 Å². The van der Waals surface area contributed by atoms with Gasteiger partial charge in [0, 0.05) is 12.4 Å². The summed E-state index contributed by atoms with van der Waals surface area (Å²) in [5, 5.41) is 2.83. The van der Waals surface area contributed by atoms with Gasteiger partial charge in [0.1, 0.15) is 12.4 Å². The molecule has 5 heteroatoms. The van der Waals surface area contributed by atoms with Crippen LogP contribution in [-0.4, -0.2) is 16.1 Å². The topological polar surface area (TPSA) is 67.0 Å². The Balaban J connectivity index is 1.89. The van der Waals surface area contributed by atoms with Gasteiger partial charge in [-0.15, -0.1) is 0 Å². The van der Waals surface area contributed by atoms with Gasteiger partial charge in [-0.2, -0.15) is 0 Å². The van der Waals surface area contributed by atoms with Crippen molar-refractivity contribution in [2.75, 3.05) is 0 Å². The number of hydrogen-bond acceptors (Lipinski definition) is 3. The number of nitrogens with zero attached hydrogens (tertiary/aromatic N) is 1. The van der Waals surface area contributed by atoms with Crippen molar-refractivity contribution in [2.45, 2.75) is 26.5 Å². The van der Waals surface area contributed by atoms with E-state index in [0.717, 1.165) is 11.4 Å². The third kappa shape index (κ3) is 3.85. The molecule has 1 aromatic carbocycles. The summed E-state index contributed by atoms with van der Waals surface area (Å²) in [7, 11) is 0. The molecular weight excluding hydrogens is 254 g/mol. The molecule has 0 radical (unpaired) electrons. The molecule has 0 unspecified atom stereocenters. The highest BCUT2D eigenvalue weighted by Gasteiger charge is 2.21. The number of ether oxygens (including phenoxy) is 1. The molecule has 0 saturated carbocycles. The number of H-pyrrole nitrogens is 1. The molecule has 106 valence electrons. The minimum absolute atomic E-state index is 0.187. The Labute approximate surface area is 118 Å². The maximum absolute atomic E-state index is 11.9. The number of rotatable bonds is 5. The van der Waals surface area contributed by atoms with E-state index in [1.54, 1.807) is 12.4 Å². The lowest BCUT2D eigenvalue weighted by atomic mass is 10.0. The number of hydrogen-bond donors (Lipinski definition) is 2. The van der Waals surface area contributed by atoms with Gasteiger partial charge in [0.05, 0.1) is 6.04 Å². The molecule has 0 aliphatic rings. The van der Waals surface area contributed by atoms with Crippen molar-refractivity contribution in [1.29, 1.82) is 0 Å². The van der Waals surface area contributed by atoms with Gasteiger partial charge in [-0.3, -0.25) is 0 Å². The van der Waals surface area contributed by atoms with Gasteiger partial charge in [-0.1, -0.05) is 44.2 Å². The van der Waals surface area contributed by atoms with Gasteiger partial charge in [0.15, 0.2) is 0 Å². The molecule has 0 fully saturated rings. The molecule has 1 amide bonds. The summed E-state index contributed by atoms with van der Waals surface area (Å²) in [6.07, 6.45) is 2.97. The summed E-state index contributed by atoms with van der Waals surface area (Å²) < 4.78 is 5.22. The predicted octanol–water partition coefficient (Wildman–Crippen LogP) is 3.03. The molecule has 2 rings (SSSR count). The standard InChI is InChI=1S/C15H19N3O2/c1-11(2)13(14-16-8-9-17-14)18-15(19)20-10-12-6-4-3-5-7-12/h3-9,11,13H,10H2,1-2H3,(H,16,17)(H,18,19)/t13-/m0/s1. The van der Waals surface area contributed by atoms with Gasteiger partial charge >= 0.3 is 6.09 Å². The van der Waals surface area contributed by atoms with E-state index in [-0.39, 0.29) is 18.6 Å². The van der Waals surface area contributed by atoms with E-state index in [1.165, 1.54) is 0 Å². The molecule has 0 aliphatic heterocycles. The first kappa shape index (κ1) is 14.1. The normalized spacial score (nSPS) is 12.2. The number of alkyl carbamates (subject to hydrolysis) is 1. The van der Waals surface area contributed by atoms with Crippen molar-refractivity contribution < 1.29 is 9.53 Å². The van der Waals surface area contributed by atoms with Gasteiger partial charge in [0.2, 0.25) is 0 Å². The summed E-state index contributed by atoms with van der Waals surface area (Å²) >= 11 is 0. The molecule has 20 heavy (non-hydrogen) atoms. The number of carbonyl (C=O) groups excluding carboxylic acids is 1. The third-order valence-corrected chi connectivity index (χ3v) is 2.97. The van der Waals surface area contributed by atoms with Gasteiger partial charge in [-0.25, -0.2) is 9.78 Å². The van der Waals surface area contributed by atoms with E-state index in [4.69, 9.17) is 4.74 Å². The van der Waals surface area contributed by atoms with Crippen LogP contribution in [0.1, 0.15) is 31.3 Å². The minimum atomic E-state index is -0.441. The Kier molecular flexibility index (Phi) is 4.76. The lowest BCUT2D eigenvalue weighted by molar-refractivity contribution is 0.132. The largest absolute Gasteiger partial charge is 0.445 e. The fraction of sp³-hybridized carbons (Fsp3) is 0.333. The van der Waals surface area contributed by atoms with Gasteiger partial charge in [0.25, 0.3) is 0 Å². The van der Waals surface area contributed by atoms with Crippen LogP contribution in [0.3, 0.4) is 0 Å². The molecule has 1 heterocycles. The van der Waals surface area contributed by atoms with Crippen molar-refractivity contribution in [1.82, 2.24) is 15.3 Å². The lowest BCUT2D eigenvalue weighted by Crippen LogP contribution is -2.32. The van der Waals surface area contributed by atoms with Crippen LogP contribution >= 0.6 is 0 Å². The van der Waals surface area contributed by atoms with E-state index in [0.29, 0.717) is 0 Å². The molecule has 0 bridgehead atoms. The molecule has 2 N–H and O–H groups in total. The van der Waals surface area contributed by atoms with Gasteiger partial charge in [-0.05, 0) is 11.5 Å². The maximum atomic E-state index is 11.9. The second-order valence-electron chi connectivity index (χ2n) is 4.90. The molecule has 0 saturated heterocycles. The highest BCUT2D eigenvalue weighted by atomic mass is 16.5. The third-order valence-electron chi connectivity index (χ3n) is 2.97. The Morgan fingerprint density at radius 2 is 2.10 bits per heavy atom. The summed E-state index contributed by atoms with van der Waals surface area (Å²) in [5.41, 5.74) is 0.960. The summed E-state index contributed by atoms with van der Waals surface area (Å²) in [4.78, 5) is 19.1. The fourth-order valence-corrected chi connectivity index (χ4v) is 1.89. The number of benzene rings is 1. The van der Waals surface area contributed by atoms with Crippen LogP contribution < -0.4 is 5.32 Å². The van der Waals surface area contributed by atoms with Crippen LogP contribution in [0.4, 0.5) is 4.79 Å². The Morgan fingerprint density at radius 1 is 1.35 bits per heavy atom. The Bertz CT molecular complexity index is 523. The van der Waals surface area contributed by atoms with Crippen LogP contribution in [0.5, 0.6) is 0 Å². The first-order valence-corrected chi connectivity index (χ1v) is 6.63. The first-order valence-electron chi connectivity index (χ1n) is 6.63. The lowest BCUT2D eigenvalue weighted by Gasteiger charge is -2.20. The van der Waals surface area contributed by atoms with Crippen molar-refractivity contribution in [2.24, 2.45) is 5.92 Å². The molecule has 2 aromatic rings. The SMILES string of the molecule is CC(C)[C@H](NC(=O)OCc1ccccc1)c1ncc[nH]1. The fourth-order valence-electron chi connectivity index (χ4n) is 1.89. The summed E-state index contributed by atoms with van der Waals surface area (Å²) in [6, 6.07) is 9.40. The molecule has 0 spiro atoms. The van der Waals surface area contributed by atoms with Crippen LogP contribution in [0.15, 0.2) is 42.7 Å². The number of imidazole rings is 1. The Morgan fingerprint density at radius 3 is 2.70 bits per heavy atom. The van der Waals surface area contributed by atoms with Gasteiger partial charge < -0.3 is 15.0 Å². The van der Waals surface area contributed by atoms with E-state index in [2.05, 4.69) is 15.3 Å². The van der Waals surface area contributed by atoms with Crippen molar-refractivity contribution in [3.63, 3.8) is 0 Å².